The molecule has 5 rings (SSSR count). The van der Waals surface area contributed by atoms with E-state index in [1.807, 2.05) is 47.3 Å². The Bertz CT molecular complexity index is 1500. The van der Waals surface area contributed by atoms with E-state index in [-0.39, 0.29) is 29.4 Å². The Labute approximate surface area is 196 Å². The molecule has 2 aromatic carbocycles. The lowest BCUT2D eigenvalue weighted by Gasteiger charge is -2.25. The number of hydrogen-bond donors (Lipinski definition) is 1. The summed E-state index contributed by atoms with van der Waals surface area (Å²) < 4.78 is 13.4. The van der Waals surface area contributed by atoms with Gasteiger partial charge in [0.05, 0.1) is 16.9 Å². The second-order valence-electron chi connectivity index (χ2n) is 7.85. The third-order valence-corrected chi connectivity index (χ3v) is 5.64. The molecule has 33 heavy (non-hydrogen) atoms. The molecule has 1 atom stereocenters. The number of nitriles is 1. The quantitative estimate of drug-likeness (QED) is 0.360. The molecule has 0 radical (unpaired) electrons. The number of pyridine rings is 1. The summed E-state index contributed by atoms with van der Waals surface area (Å²) >= 11 is 0. The summed E-state index contributed by atoms with van der Waals surface area (Å²) in [4.78, 5) is 13.0. The number of para-hydroxylation sites is 1. The predicted octanol–water partition coefficient (Wildman–Crippen LogP) is 0.659. The Morgan fingerprint density at radius 1 is 1.12 bits per heavy atom. The van der Waals surface area contributed by atoms with Gasteiger partial charge in [-0.05, 0) is 31.2 Å². The smallest absolute Gasteiger partial charge is 0.344 e. The SMILES string of the molecule is Cc1cccc(C[n+]2cccc(C3C(C#N)=C(N)Oc4c3c(=O)oc3ccccc43)c2)c1.[Cl-]. The van der Waals surface area contributed by atoms with Crippen molar-refractivity contribution in [3.05, 3.63) is 117 Å². The van der Waals surface area contributed by atoms with Crippen LogP contribution in [0, 0.1) is 18.3 Å². The van der Waals surface area contributed by atoms with Gasteiger partial charge >= 0.3 is 5.63 Å². The zero-order chi connectivity index (χ0) is 22.2. The fourth-order valence-corrected chi connectivity index (χ4v) is 4.23. The minimum absolute atomic E-state index is 0. The van der Waals surface area contributed by atoms with Crippen molar-refractivity contribution in [2.75, 3.05) is 0 Å². The van der Waals surface area contributed by atoms with Gasteiger partial charge in [0.1, 0.15) is 17.2 Å². The summed E-state index contributed by atoms with van der Waals surface area (Å²) in [5.41, 5.74) is 9.57. The van der Waals surface area contributed by atoms with Crippen LogP contribution in [0.3, 0.4) is 0 Å². The molecule has 1 aliphatic heterocycles. The van der Waals surface area contributed by atoms with E-state index < -0.39 is 11.5 Å². The largest absolute Gasteiger partial charge is 1.00 e. The summed E-state index contributed by atoms with van der Waals surface area (Å²) in [7, 11) is 0. The zero-order valence-electron chi connectivity index (χ0n) is 17.8. The van der Waals surface area contributed by atoms with Gasteiger partial charge in [-0.3, -0.25) is 0 Å². The first-order chi connectivity index (χ1) is 15.5. The Hall–Kier alpha value is -4.08. The van der Waals surface area contributed by atoms with Gasteiger partial charge in [-0.1, -0.05) is 35.9 Å². The van der Waals surface area contributed by atoms with E-state index in [1.165, 1.54) is 5.56 Å². The summed E-state index contributed by atoms with van der Waals surface area (Å²) in [5, 5.41) is 10.5. The molecule has 0 saturated carbocycles. The van der Waals surface area contributed by atoms with Crippen molar-refractivity contribution in [3.8, 4) is 11.8 Å². The van der Waals surface area contributed by atoms with Crippen molar-refractivity contribution in [1.29, 1.82) is 5.26 Å². The van der Waals surface area contributed by atoms with E-state index in [0.717, 1.165) is 11.1 Å². The van der Waals surface area contributed by atoms with Crippen LogP contribution in [0.4, 0.5) is 0 Å². The maximum atomic E-state index is 13.0. The average molecular weight is 458 g/mol. The molecule has 0 bridgehead atoms. The van der Waals surface area contributed by atoms with E-state index in [0.29, 0.717) is 23.3 Å². The number of aromatic nitrogens is 1. The van der Waals surface area contributed by atoms with Gasteiger partial charge in [-0.15, -0.1) is 0 Å². The number of rotatable bonds is 3. The second-order valence-corrected chi connectivity index (χ2v) is 7.85. The van der Waals surface area contributed by atoms with Gasteiger partial charge < -0.3 is 27.3 Å². The van der Waals surface area contributed by atoms with Crippen LogP contribution in [-0.2, 0) is 6.54 Å². The van der Waals surface area contributed by atoms with Crippen LogP contribution in [-0.4, -0.2) is 0 Å². The first kappa shape index (κ1) is 22.1. The normalized spacial score (nSPS) is 14.7. The van der Waals surface area contributed by atoms with E-state index in [9.17, 15) is 10.1 Å². The van der Waals surface area contributed by atoms with Crippen molar-refractivity contribution in [3.63, 3.8) is 0 Å². The molecule has 1 aliphatic rings. The Kier molecular flexibility index (Phi) is 5.91. The molecule has 3 heterocycles. The highest BCUT2D eigenvalue weighted by Gasteiger charge is 2.36. The molecule has 4 aromatic rings. The third kappa shape index (κ3) is 3.95. The molecular formula is C26H20ClN3O3. The second kappa shape index (κ2) is 8.81. The summed E-state index contributed by atoms with van der Waals surface area (Å²) in [5.74, 6) is -0.350. The van der Waals surface area contributed by atoms with Gasteiger partial charge in [0, 0.05) is 17.2 Å². The number of ether oxygens (including phenoxy) is 1. The fourth-order valence-electron chi connectivity index (χ4n) is 4.23. The molecule has 164 valence electrons. The fraction of sp³-hybridized carbons (Fsp3) is 0.115. The maximum absolute atomic E-state index is 13.0. The third-order valence-electron chi connectivity index (χ3n) is 5.64. The zero-order valence-corrected chi connectivity index (χ0v) is 18.5. The molecule has 2 aromatic heterocycles. The van der Waals surface area contributed by atoms with Crippen LogP contribution in [0.2, 0.25) is 0 Å². The van der Waals surface area contributed by atoms with E-state index in [4.69, 9.17) is 14.9 Å². The Morgan fingerprint density at radius 3 is 2.73 bits per heavy atom. The van der Waals surface area contributed by atoms with Gasteiger partial charge in [0.15, 0.2) is 24.7 Å². The number of allylic oxidation sites excluding steroid dienone is 1. The standard InChI is InChI=1S/C26H20N3O3.ClH/c1-16-6-4-7-17(12-16)14-29-11-5-8-18(15-29)22-20(13-27)25(28)32-24-19-9-2-3-10-21(19)31-26(30)23(22)24;/h2-12,15,22H,14,28H2,1H3;1H/q+1;/p-1. The van der Waals surface area contributed by atoms with Crippen molar-refractivity contribution in [2.45, 2.75) is 19.4 Å². The summed E-state index contributed by atoms with van der Waals surface area (Å²) in [6, 6.07) is 21.3. The van der Waals surface area contributed by atoms with Gasteiger partial charge in [0.2, 0.25) is 5.88 Å². The highest BCUT2D eigenvalue weighted by molar-refractivity contribution is 5.85. The minimum atomic E-state index is -0.686. The number of benzene rings is 2. The van der Waals surface area contributed by atoms with Crippen LogP contribution < -0.4 is 33.1 Å². The molecule has 0 saturated heterocycles. The van der Waals surface area contributed by atoms with Crippen molar-refractivity contribution >= 4 is 11.0 Å². The van der Waals surface area contributed by atoms with Crippen molar-refractivity contribution < 1.29 is 26.1 Å². The van der Waals surface area contributed by atoms with Gasteiger partial charge in [-0.25, -0.2) is 9.36 Å². The van der Waals surface area contributed by atoms with Crippen LogP contribution in [0.1, 0.15) is 28.2 Å². The number of halogens is 1. The van der Waals surface area contributed by atoms with Gasteiger partial charge in [0.25, 0.3) is 0 Å². The lowest BCUT2D eigenvalue weighted by Crippen LogP contribution is -3.00. The average Bonchev–Trinajstić information content (AvgIpc) is 2.78. The number of hydrogen-bond acceptors (Lipinski definition) is 5. The molecule has 2 N–H and O–H groups in total. The molecule has 6 nitrogen and oxygen atoms in total. The van der Waals surface area contributed by atoms with Gasteiger partial charge in [-0.2, -0.15) is 5.26 Å². The number of nitrogens with zero attached hydrogens (tertiary/aromatic N) is 2. The number of fused-ring (bicyclic) bond motifs is 3. The molecular weight excluding hydrogens is 438 g/mol. The first-order valence-electron chi connectivity index (χ1n) is 10.2. The Balaban J connectivity index is 0.00000259. The highest BCUT2D eigenvalue weighted by atomic mass is 35.5. The molecule has 0 fully saturated rings. The number of nitrogens with two attached hydrogens (primary N) is 1. The van der Waals surface area contributed by atoms with Crippen LogP contribution >= 0.6 is 0 Å². The Morgan fingerprint density at radius 2 is 1.94 bits per heavy atom. The lowest BCUT2D eigenvalue weighted by atomic mass is 9.84. The van der Waals surface area contributed by atoms with E-state index in [2.05, 4.69) is 31.2 Å². The molecule has 0 amide bonds. The van der Waals surface area contributed by atoms with Crippen LogP contribution in [0.25, 0.3) is 11.0 Å². The molecule has 0 spiro atoms. The lowest BCUT2D eigenvalue weighted by molar-refractivity contribution is -0.688. The van der Waals surface area contributed by atoms with E-state index >= 15 is 0 Å². The molecule has 1 unspecified atom stereocenters. The summed E-state index contributed by atoms with van der Waals surface area (Å²) in [6.45, 7) is 2.71. The van der Waals surface area contributed by atoms with Crippen molar-refractivity contribution in [2.24, 2.45) is 5.73 Å². The predicted molar refractivity (Wildman–Crippen MR) is 119 cm³/mol. The molecule has 7 heteroatoms. The summed E-state index contributed by atoms with van der Waals surface area (Å²) in [6.07, 6.45) is 3.88. The topological polar surface area (TPSA) is 93.1 Å². The monoisotopic (exact) mass is 457 g/mol. The van der Waals surface area contributed by atoms with Crippen LogP contribution in [0.15, 0.2) is 93.7 Å². The molecule has 0 aliphatic carbocycles. The minimum Gasteiger partial charge on any atom is -1.00 e. The van der Waals surface area contributed by atoms with Crippen LogP contribution in [0.5, 0.6) is 5.75 Å². The first-order valence-corrected chi connectivity index (χ1v) is 10.2. The van der Waals surface area contributed by atoms with Crippen molar-refractivity contribution in [1.82, 2.24) is 0 Å². The van der Waals surface area contributed by atoms with E-state index in [1.54, 1.807) is 12.1 Å². The maximum Gasteiger partial charge on any atom is 0.344 e. The number of aryl methyl sites for hydroxylation is 1. The highest BCUT2D eigenvalue weighted by Crippen LogP contribution is 2.43.